The van der Waals surface area contributed by atoms with Gasteiger partial charge in [0.1, 0.15) is 0 Å². The van der Waals surface area contributed by atoms with E-state index in [0.29, 0.717) is 5.58 Å². The third-order valence-corrected chi connectivity index (χ3v) is 2.24. The van der Waals surface area contributed by atoms with Crippen LogP contribution >= 0.6 is 0 Å². The lowest BCUT2D eigenvalue weighted by molar-refractivity contribution is 0.554. The number of aromatic nitrogens is 1. The highest BCUT2D eigenvalue weighted by Gasteiger charge is 2.01. The van der Waals surface area contributed by atoms with Gasteiger partial charge < -0.3 is 9.73 Å². The molecule has 1 aromatic heterocycles. The first-order valence-electron chi connectivity index (χ1n) is 5.12. The molecule has 0 aliphatic carbocycles. The molecule has 2 N–H and O–H groups in total. The third-order valence-electron chi connectivity index (χ3n) is 2.24. The van der Waals surface area contributed by atoms with E-state index in [1.165, 1.54) is 0 Å². The lowest BCUT2D eigenvalue weighted by Gasteiger charge is -2.02. The second-order valence-corrected chi connectivity index (χ2v) is 3.52. The number of H-pyrrole nitrogens is 1. The largest absolute Gasteiger partial charge is 0.417 e. The van der Waals surface area contributed by atoms with Gasteiger partial charge in [0, 0.05) is 6.54 Å². The maximum atomic E-state index is 10.9. The number of nitrogens with one attached hydrogen (secondary N) is 2. The van der Waals surface area contributed by atoms with Crippen molar-refractivity contribution in [1.29, 1.82) is 0 Å². The van der Waals surface area contributed by atoms with Crippen LogP contribution in [-0.4, -0.2) is 11.5 Å². The quantitative estimate of drug-likeness (QED) is 0.747. The Morgan fingerprint density at radius 1 is 1.47 bits per heavy atom. The fourth-order valence-corrected chi connectivity index (χ4v) is 1.51. The molecule has 4 heteroatoms. The van der Waals surface area contributed by atoms with Crippen LogP contribution in [0.4, 0.5) is 0 Å². The van der Waals surface area contributed by atoms with Crippen molar-refractivity contribution in [3.05, 3.63) is 34.3 Å². The predicted octanol–water partition coefficient (Wildman–Crippen LogP) is 1.62. The Morgan fingerprint density at radius 3 is 3.13 bits per heavy atom. The van der Waals surface area contributed by atoms with Gasteiger partial charge in [-0.15, -0.1) is 0 Å². The summed E-state index contributed by atoms with van der Waals surface area (Å²) in [5.41, 5.74) is 2.49. The fourth-order valence-electron chi connectivity index (χ4n) is 1.51. The fraction of sp³-hybridized carbons (Fsp3) is 0.364. The standard InChI is InChI=1S/C11H14N2O2/c1-2-5-12-7-8-3-4-9-10(6-8)15-11(14)13-9/h3-4,6,12H,2,5,7H2,1H3,(H,13,14). The van der Waals surface area contributed by atoms with Crippen molar-refractivity contribution in [2.45, 2.75) is 19.9 Å². The normalized spacial score (nSPS) is 11.0. The minimum absolute atomic E-state index is 0.399. The molecule has 0 unspecified atom stereocenters. The van der Waals surface area contributed by atoms with Crippen molar-refractivity contribution in [3.63, 3.8) is 0 Å². The summed E-state index contributed by atoms with van der Waals surface area (Å²) >= 11 is 0. The zero-order valence-corrected chi connectivity index (χ0v) is 8.67. The molecule has 2 rings (SSSR count). The number of hydrogen-bond donors (Lipinski definition) is 2. The smallest absolute Gasteiger partial charge is 0.408 e. The molecule has 0 atom stereocenters. The molecule has 0 saturated carbocycles. The van der Waals surface area contributed by atoms with Crippen molar-refractivity contribution >= 4 is 11.1 Å². The second-order valence-electron chi connectivity index (χ2n) is 3.52. The molecule has 1 aromatic carbocycles. The van der Waals surface area contributed by atoms with Gasteiger partial charge in [0.2, 0.25) is 0 Å². The zero-order chi connectivity index (χ0) is 10.7. The first-order chi connectivity index (χ1) is 7.29. The lowest BCUT2D eigenvalue weighted by Crippen LogP contribution is -2.13. The molecule has 0 saturated heterocycles. The topological polar surface area (TPSA) is 58.0 Å². The van der Waals surface area contributed by atoms with Gasteiger partial charge in [0.15, 0.2) is 5.58 Å². The average molecular weight is 206 g/mol. The van der Waals surface area contributed by atoms with Crippen LogP contribution in [0.3, 0.4) is 0 Å². The molecule has 1 heterocycles. The molecular weight excluding hydrogens is 192 g/mol. The summed E-state index contributed by atoms with van der Waals surface area (Å²) < 4.78 is 4.98. The molecule has 0 spiro atoms. The highest BCUT2D eigenvalue weighted by molar-refractivity contribution is 5.72. The van der Waals surface area contributed by atoms with Gasteiger partial charge in [0.05, 0.1) is 5.52 Å². The molecule has 0 fully saturated rings. The van der Waals surface area contributed by atoms with Gasteiger partial charge in [-0.3, -0.25) is 4.98 Å². The van der Waals surface area contributed by atoms with Crippen LogP contribution in [0.5, 0.6) is 0 Å². The second kappa shape index (κ2) is 4.31. The number of aromatic amines is 1. The Labute approximate surface area is 87.3 Å². The molecule has 4 nitrogen and oxygen atoms in total. The Morgan fingerprint density at radius 2 is 2.33 bits per heavy atom. The van der Waals surface area contributed by atoms with Crippen LogP contribution in [0.25, 0.3) is 11.1 Å². The van der Waals surface area contributed by atoms with E-state index in [9.17, 15) is 4.79 Å². The Hall–Kier alpha value is -1.55. The molecule has 0 aliphatic heterocycles. The van der Waals surface area contributed by atoms with Crippen LogP contribution in [0.1, 0.15) is 18.9 Å². The number of oxazole rings is 1. The van der Waals surface area contributed by atoms with Gasteiger partial charge in [-0.25, -0.2) is 4.79 Å². The van der Waals surface area contributed by atoms with Crippen molar-refractivity contribution in [3.8, 4) is 0 Å². The van der Waals surface area contributed by atoms with Crippen LogP contribution in [0.2, 0.25) is 0 Å². The van der Waals surface area contributed by atoms with E-state index < -0.39 is 5.76 Å². The molecule has 15 heavy (non-hydrogen) atoms. The Balaban J connectivity index is 2.19. The maximum absolute atomic E-state index is 10.9. The highest BCUT2D eigenvalue weighted by Crippen LogP contribution is 2.11. The zero-order valence-electron chi connectivity index (χ0n) is 8.67. The summed E-state index contributed by atoms with van der Waals surface area (Å²) in [4.78, 5) is 13.5. The Bertz CT molecular complexity index is 499. The molecule has 0 bridgehead atoms. The highest BCUT2D eigenvalue weighted by atomic mass is 16.4. The van der Waals surface area contributed by atoms with Crippen LogP contribution in [0, 0.1) is 0 Å². The number of benzene rings is 1. The van der Waals surface area contributed by atoms with E-state index in [2.05, 4.69) is 17.2 Å². The van der Waals surface area contributed by atoms with Gasteiger partial charge in [-0.05, 0) is 30.7 Å². The molecule has 0 radical (unpaired) electrons. The van der Waals surface area contributed by atoms with Crippen LogP contribution in [-0.2, 0) is 6.54 Å². The minimum atomic E-state index is -0.399. The van der Waals surface area contributed by atoms with Gasteiger partial charge in [-0.1, -0.05) is 13.0 Å². The Kier molecular flexibility index (Phi) is 2.87. The number of hydrogen-bond acceptors (Lipinski definition) is 3. The van der Waals surface area contributed by atoms with Gasteiger partial charge in [-0.2, -0.15) is 0 Å². The monoisotopic (exact) mass is 206 g/mol. The summed E-state index contributed by atoms with van der Waals surface area (Å²) in [6.07, 6.45) is 1.11. The van der Waals surface area contributed by atoms with E-state index in [0.717, 1.165) is 30.6 Å². The third kappa shape index (κ3) is 2.27. The first kappa shape index (κ1) is 9.98. The van der Waals surface area contributed by atoms with E-state index in [1.54, 1.807) is 0 Å². The van der Waals surface area contributed by atoms with E-state index in [1.807, 2.05) is 18.2 Å². The van der Waals surface area contributed by atoms with Gasteiger partial charge >= 0.3 is 5.76 Å². The molecule has 0 amide bonds. The number of rotatable bonds is 4. The van der Waals surface area contributed by atoms with E-state index in [4.69, 9.17) is 4.42 Å². The minimum Gasteiger partial charge on any atom is -0.408 e. The van der Waals surface area contributed by atoms with Crippen molar-refractivity contribution in [1.82, 2.24) is 10.3 Å². The predicted molar refractivity (Wildman–Crippen MR) is 58.8 cm³/mol. The van der Waals surface area contributed by atoms with Crippen molar-refractivity contribution < 1.29 is 4.42 Å². The molecule has 2 aromatic rings. The van der Waals surface area contributed by atoms with E-state index in [-0.39, 0.29) is 0 Å². The molecule has 80 valence electrons. The van der Waals surface area contributed by atoms with E-state index >= 15 is 0 Å². The lowest BCUT2D eigenvalue weighted by atomic mass is 10.2. The molecule has 0 aliphatic rings. The maximum Gasteiger partial charge on any atom is 0.417 e. The van der Waals surface area contributed by atoms with Crippen molar-refractivity contribution in [2.75, 3.05) is 6.54 Å². The first-order valence-corrected chi connectivity index (χ1v) is 5.12. The summed E-state index contributed by atoms with van der Waals surface area (Å²) in [5, 5.41) is 3.29. The van der Waals surface area contributed by atoms with Gasteiger partial charge in [0.25, 0.3) is 0 Å². The van der Waals surface area contributed by atoms with Crippen molar-refractivity contribution in [2.24, 2.45) is 0 Å². The number of fused-ring (bicyclic) bond motifs is 1. The summed E-state index contributed by atoms with van der Waals surface area (Å²) in [6.45, 7) is 3.93. The van der Waals surface area contributed by atoms with Crippen LogP contribution < -0.4 is 11.1 Å². The summed E-state index contributed by atoms with van der Waals surface area (Å²) in [5.74, 6) is -0.399. The average Bonchev–Trinajstić information content (AvgIpc) is 2.57. The summed E-state index contributed by atoms with van der Waals surface area (Å²) in [7, 11) is 0. The summed E-state index contributed by atoms with van der Waals surface area (Å²) in [6, 6.07) is 5.73. The van der Waals surface area contributed by atoms with Crippen LogP contribution in [0.15, 0.2) is 27.4 Å². The molecular formula is C11H14N2O2. The SMILES string of the molecule is CCCNCc1ccc2[nH]c(=O)oc2c1.